The molecule has 6 nitrogen and oxygen atoms in total. The SMILES string of the molecule is Cc1cc(-c2nnc(-c3cccc(C(F)(F)F)c3)o2)cc(S(=O)(=O)N(C)C)c1C. The normalized spacial score (nSPS) is 12.6. The van der Waals surface area contributed by atoms with E-state index in [1.54, 1.807) is 19.9 Å². The Bertz CT molecular complexity index is 1170. The summed E-state index contributed by atoms with van der Waals surface area (Å²) < 4.78 is 70.6. The Labute approximate surface area is 166 Å². The van der Waals surface area contributed by atoms with Gasteiger partial charge in [0.05, 0.1) is 10.5 Å². The lowest BCUT2D eigenvalue weighted by Crippen LogP contribution is -2.23. The van der Waals surface area contributed by atoms with Crippen LogP contribution in [0.5, 0.6) is 0 Å². The Hall–Kier alpha value is -2.72. The number of hydrogen-bond donors (Lipinski definition) is 0. The summed E-state index contributed by atoms with van der Waals surface area (Å²) in [5.74, 6) is -0.0861. The lowest BCUT2D eigenvalue weighted by atomic mass is 10.1. The van der Waals surface area contributed by atoms with E-state index in [9.17, 15) is 21.6 Å². The molecule has 0 saturated heterocycles. The van der Waals surface area contributed by atoms with E-state index in [0.717, 1.165) is 16.4 Å². The molecule has 3 aromatic rings. The summed E-state index contributed by atoms with van der Waals surface area (Å²) in [5.41, 5.74) is 0.921. The molecule has 0 aliphatic heterocycles. The second-order valence-corrected chi connectivity index (χ2v) is 8.81. The van der Waals surface area contributed by atoms with Crippen molar-refractivity contribution < 1.29 is 26.0 Å². The molecule has 1 heterocycles. The molecular formula is C19H18F3N3O3S. The van der Waals surface area contributed by atoms with Gasteiger partial charge in [-0.1, -0.05) is 6.07 Å². The second-order valence-electron chi connectivity index (χ2n) is 6.69. The summed E-state index contributed by atoms with van der Waals surface area (Å²) in [4.78, 5) is 0.0938. The van der Waals surface area contributed by atoms with E-state index >= 15 is 0 Å². The van der Waals surface area contributed by atoms with Crippen LogP contribution in [0.25, 0.3) is 22.9 Å². The van der Waals surface area contributed by atoms with E-state index in [-0.39, 0.29) is 22.2 Å². The quantitative estimate of drug-likeness (QED) is 0.623. The van der Waals surface area contributed by atoms with Gasteiger partial charge < -0.3 is 4.42 Å². The Balaban J connectivity index is 2.07. The van der Waals surface area contributed by atoms with E-state index in [1.165, 1.54) is 32.3 Å². The maximum absolute atomic E-state index is 12.9. The first-order valence-corrected chi connectivity index (χ1v) is 9.90. The fourth-order valence-electron chi connectivity index (χ4n) is 2.70. The fraction of sp³-hybridized carbons (Fsp3) is 0.263. The second kappa shape index (κ2) is 7.27. The van der Waals surface area contributed by atoms with E-state index in [4.69, 9.17) is 4.42 Å². The molecule has 0 aliphatic rings. The van der Waals surface area contributed by atoms with Gasteiger partial charge in [-0.05, 0) is 55.3 Å². The number of rotatable bonds is 4. The van der Waals surface area contributed by atoms with Crippen LogP contribution in [0.4, 0.5) is 13.2 Å². The summed E-state index contributed by atoms with van der Waals surface area (Å²) in [5, 5.41) is 7.71. The molecule has 2 aromatic carbocycles. The molecule has 0 unspecified atom stereocenters. The molecule has 0 bridgehead atoms. The third-order valence-corrected chi connectivity index (χ3v) is 6.43. The molecule has 10 heteroatoms. The Morgan fingerprint density at radius 1 is 0.966 bits per heavy atom. The fourth-order valence-corrected chi connectivity index (χ4v) is 3.92. The number of sulfonamides is 1. The van der Waals surface area contributed by atoms with Crippen molar-refractivity contribution in [2.24, 2.45) is 0 Å². The first-order valence-electron chi connectivity index (χ1n) is 8.46. The summed E-state index contributed by atoms with van der Waals surface area (Å²) >= 11 is 0. The van der Waals surface area contributed by atoms with Crippen molar-refractivity contribution in [1.29, 1.82) is 0 Å². The molecule has 0 fully saturated rings. The van der Waals surface area contributed by atoms with E-state index in [0.29, 0.717) is 16.7 Å². The van der Waals surface area contributed by atoms with Gasteiger partial charge in [-0.2, -0.15) is 13.2 Å². The first kappa shape index (κ1) is 21.0. The van der Waals surface area contributed by atoms with Crippen molar-refractivity contribution in [3.05, 3.63) is 53.1 Å². The van der Waals surface area contributed by atoms with Gasteiger partial charge in [0.15, 0.2) is 0 Å². The van der Waals surface area contributed by atoms with Crippen molar-refractivity contribution in [2.45, 2.75) is 24.9 Å². The van der Waals surface area contributed by atoms with Gasteiger partial charge in [0, 0.05) is 25.2 Å². The third kappa shape index (κ3) is 4.03. The summed E-state index contributed by atoms with van der Waals surface area (Å²) in [6, 6.07) is 7.64. The zero-order valence-corrected chi connectivity index (χ0v) is 16.9. The monoisotopic (exact) mass is 425 g/mol. The molecule has 0 spiro atoms. The van der Waals surface area contributed by atoms with Crippen LogP contribution in [-0.4, -0.2) is 37.0 Å². The lowest BCUT2D eigenvalue weighted by Gasteiger charge is -2.15. The lowest BCUT2D eigenvalue weighted by molar-refractivity contribution is -0.137. The Morgan fingerprint density at radius 3 is 2.17 bits per heavy atom. The average Bonchev–Trinajstić information content (AvgIpc) is 3.13. The van der Waals surface area contributed by atoms with Gasteiger partial charge in [0.25, 0.3) is 0 Å². The first-order chi connectivity index (χ1) is 13.4. The molecule has 0 atom stereocenters. The molecule has 154 valence electrons. The topological polar surface area (TPSA) is 76.3 Å². The number of aromatic nitrogens is 2. The smallest absolute Gasteiger partial charge is 0.416 e. The highest BCUT2D eigenvalue weighted by Gasteiger charge is 2.31. The maximum atomic E-state index is 12.9. The van der Waals surface area contributed by atoms with Crippen LogP contribution in [0.15, 0.2) is 45.7 Å². The number of hydrogen-bond acceptors (Lipinski definition) is 5. The summed E-state index contributed by atoms with van der Waals surface area (Å²) in [6.45, 7) is 3.44. The molecule has 0 N–H and O–H groups in total. The van der Waals surface area contributed by atoms with E-state index in [2.05, 4.69) is 10.2 Å². The average molecular weight is 425 g/mol. The molecule has 3 rings (SSSR count). The maximum Gasteiger partial charge on any atom is 0.416 e. The molecule has 0 saturated carbocycles. The summed E-state index contributed by atoms with van der Waals surface area (Å²) in [6.07, 6.45) is -4.50. The van der Waals surface area contributed by atoms with Crippen molar-refractivity contribution in [3.8, 4) is 22.9 Å². The van der Waals surface area contributed by atoms with Gasteiger partial charge in [-0.3, -0.25) is 0 Å². The van der Waals surface area contributed by atoms with Crippen LogP contribution < -0.4 is 0 Å². The number of nitrogens with zero attached hydrogens (tertiary/aromatic N) is 3. The highest BCUT2D eigenvalue weighted by atomic mass is 32.2. The molecule has 0 aliphatic carbocycles. The largest absolute Gasteiger partial charge is 0.416 e. The van der Waals surface area contributed by atoms with Crippen molar-refractivity contribution >= 4 is 10.0 Å². The minimum absolute atomic E-state index is 0.00992. The van der Waals surface area contributed by atoms with Crippen molar-refractivity contribution in [2.75, 3.05) is 14.1 Å². The van der Waals surface area contributed by atoms with Gasteiger partial charge in [0.2, 0.25) is 21.8 Å². The van der Waals surface area contributed by atoms with Crippen LogP contribution in [0.3, 0.4) is 0 Å². The molecule has 0 amide bonds. The number of aryl methyl sites for hydroxylation is 1. The number of alkyl halides is 3. The zero-order valence-electron chi connectivity index (χ0n) is 16.1. The van der Waals surface area contributed by atoms with Crippen LogP contribution in [0.1, 0.15) is 16.7 Å². The number of halogens is 3. The zero-order chi connectivity index (χ0) is 21.6. The standard InChI is InChI=1S/C19H18F3N3O3S/c1-11-8-14(10-16(12(11)2)29(26,27)25(3)4)18-24-23-17(28-18)13-6-5-7-15(9-13)19(20,21)22/h5-10H,1-4H3. The van der Waals surface area contributed by atoms with E-state index in [1.807, 2.05) is 0 Å². The predicted octanol–water partition coefficient (Wildman–Crippen LogP) is 4.29. The van der Waals surface area contributed by atoms with Gasteiger partial charge >= 0.3 is 6.18 Å². The number of benzene rings is 2. The molecular weight excluding hydrogens is 407 g/mol. The Kier molecular flexibility index (Phi) is 5.26. The highest BCUT2D eigenvalue weighted by molar-refractivity contribution is 7.89. The summed E-state index contributed by atoms with van der Waals surface area (Å²) in [7, 11) is -0.858. The molecule has 29 heavy (non-hydrogen) atoms. The molecule has 0 radical (unpaired) electrons. The van der Waals surface area contributed by atoms with E-state index < -0.39 is 21.8 Å². The van der Waals surface area contributed by atoms with Gasteiger partial charge in [0.1, 0.15) is 0 Å². The van der Waals surface area contributed by atoms with Crippen LogP contribution in [0, 0.1) is 13.8 Å². The van der Waals surface area contributed by atoms with Gasteiger partial charge in [-0.25, -0.2) is 12.7 Å². The molecule has 1 aromatic heterocycles. The van der Waals surface area contributed by atoms with Crippen LogP contribution in [0.2, 0.25) is 0 Å². The minimum Gasteiger partial charge on any atom is -0.416 e. The third-order valence-electron chi connectivity index (χ3n) is 4.49. The predicted molar refractivity (Wildman–Crippen MR) is 101 cm³/mol. The van der Waals surface area contributed by atoms with Crippen LogP contribution >= 0.6 is 0 Å². The minimum atomic E-state index is -4.50. The van der Waals surface area contributed by atoms with Gasteiger partial charge in [-0.15, -0.1) is 10.2 Å². The highest BCUT2D eigenvalue weighted by Crippen LogP contribution is 2.33. The van der Waals surface area contributed by atoms with Crippen LogP contribution in [-0.2, 0) is 16.2 Å². The Morgan fingerprint density at radius 2 is 1.59 bits per heavy atom. The van der Waals surface area contributed by atoms with Crippen molar-refractivity contribution in [3.63, 3.8) is 0 Å². The van der Waals surface area contributed by atoms with Crippen molar-refractivity contribution in [1.82, 2.24) is 14.5 Å².